The Bertz CT molecular complexity index is 1590. The molecule has 2 saturated carbocycles. The van der Waals surface area contributed by atoms with Crippen molar-refractivity contribution >= 4 is 55.0 Å². The Morgan fingerprint density at radius 2 is 0.850 bits per heavy atom. The van der Waals surface area contributed by atoms with E-state index in [9.17, 15) is 9.59 Å². The Hall–Kier alpha value is -3.66. The van der Waals surface area contributed by atoms with Crippen molar-refractivity contribution in [3.8, 4) is 0 Å². The first-order valence-electron chi connectivity index (χ1n) is 15.0. The number of hydrogen-bond donors (Lipinski definition) is 0. The van der Waals surface area contributed by atoms with Gasteiger partial charge in [-0.05, 0) is 118 Å². The molecule has 2 fully saturated rings. The highest BCUT2D eigenvalue weighted by Crippen LogP contribution is 2.42. The lowest BCUT2D eigenvalue weighted by atomic mass is 9.87. The molecule has 2 aliphatic rings. The lowest BCUT2D eigenvalue weighted by molar-refractivity contribution is 0.0167. The predicted octanol–water partition coefficient (Wildman–Crippen LogP) is 9.21. The monoisotopic (exact) mass is 532 g/mol. The first kappa shape index (κ1) is 25.3. The van der Waals surface area contributed by atoms with Crippen molar-refractivity contribution in [3.63, 3.8) is 0 Å². The highest BCUT2D eigenvalue weighted by atomic mass is 16.5. The normalized spacial score (nSPS) is 23.6. The van der Waals surface area contributed by atoms with Crippen LogP contribution in [0.3, 0.4) is 0 Å². The molecule has 0 N–H and O–H groups in total. The third kappa shape index (κ3) is 4.29. The highest BCUT2D eigenvalue weighted by molar-refractivity contribution is 6.35. The molecule has 4 nitrogen and oxygen atoms in total. The maximum Gasteiger partial charge on any atom is 0.339 e. The molecule has 4 heteroatoms. The van der Waals surface area contributed by atoms with Crippen molar-refractivity contribution in [2.24, 2.45) is 11.8 Å². The first-order valence-corrected chi connectivity index (χ1v) is 15.0. The molecule has 204 valence electrons. The van der Waals surface area contributed by atoms with E-state index in [0.717, 1.165) is 94.5 Å². The van der Waals surface area contributed by atoms with Gasteiger partial charge >= 0.3 is 11.9 Å². The molecule has 0 heterocycles. The smallest absolute Gasteiger partial charge is 0.339 e. The Kier molecular flexibility index (Phi) is 6.37. The minimum absolute atomic E-state index is 0.000762. The third-order valence-electron chi connectivity index (χ3n) is 9.57. The number of carbonyl (C=O) groups excluding carboxylic acids is 2. The zero-order valence-electron chi connectivity index (χ0n) is 23.4. The lowest BCUT2D eigenvalue weighted by Crippen LogP contribution is -2.23. The fourth-order valence-corrected chi connectivity index (χ4v) is 7.19. The van der Waals surface area contributed by atoms with E-state index < -0.39 is 0 Å². The standard InChI is InChI=1S/C36H36O4/c1-21-9-13-23(14-10-21)39-35(37)31-19-17-29-26-6-4-8-28-32(36(38)40-24-15-11-22(2)12-16-24)20-18-30(34(26)28)25-5-3-7-27(31)33(25)29/h3-8,17-24H,9-16H2,1-2H3/t21-,22-,23-,24-. The van der Waals surface area contributed by atoms with E-state index in [1.807, 2.05) is 36.4 Å². The number of esters is 2. The zero-order chi connectivity index (χ0) is 27.4. The summed E-state index contributed by atoms with van der Waals surface area (Å²) in [6, 6.07) is 20.3. The van der Waals surface area contributed by atoms with E-state index in [-0.39, 0.29) is 24.1 Å². The van der Waals surface area contributed by atoms with Gasteiger partial charge in [-0.15, -0.1) is 0 Å². The largest absolute Gasteiger partial charge is 0.459 e. The minimum atomic E-state index is -0.234. The first-order chi connectivity index (χ1) is 19.5. The Labute approximate surface area is 235 Å². The molecule has 0 atom stereocenters. The van der Waals surface area contributed by atoms with Gasteiger partial charge in [0.2, 0.25) is 0 Å². The second kappa shape index (κ2) is 10.1. The van der Waals surface area contributed by atoms with Crippen LogP contribution >= 0.6 is 0 Å². The highest BCUT2D eigenvalue weighted by Gasteiger charge is 2.26. The number of benzene rings is 5. The summed E-state index contributed by atoms with van der Waals surface area (Å²) in [6.45, 7) is 4.54. The molecule has 5 aromatic rings. The fraction of sp³-hybridized carbons (Fsp3) is 0.389. The average molecular weight is 533 g/mol. The molecule has 0 aliphatic heterocycles. The predicted molar refractivity (Wildman–Crippen MR) is 161 cm³/mol. The molecular weight excluding hydrogens is 496 g/mol. The van der Waals surface area contributed by atoms with E-state index in [1.165, 1.54) is 0 Å². The van der Waals surface area contributed by atoms with Crippen molar-refractivity contribution < 1.29 is 19.1 Å². The Morgan fingerprint density at radius 3 is 1.25 bits per heavy atom. The zero-order valence-corrected chi connectivity index (χ0v) is 23.4. The molecule has 2 aliphatic carbocycles. The molecule has 0 saturated heterocycles. The number of hydrogen-bond acceptors (Lipinski definition) is 4. The van der Waals surface area contributed by atoms with Gasteiger partial charge in [0.15, 0.2) is 0 Å². The van der Waals surface area contributed by atoms with Gasteiger partial charge in [0.25, 0.3) is 0 Å². The summed E-state index contributed by atoms with van der Waals surface area (Å²) in [5.41, 5.74) is 1.24. The summed E-state index contributed by atoms with van der Waals surface area (Å²) >= 11 is 0. The van der Waals surface area contributed by atoms with E-state index >= 15 is 0 Å². The molecule has 0 radical (unpaired) electrons. The van der Waals surface area contributed by atoms with Gasteiger partial charge in [0, 0.05) is 0 Å². The van der Waals surface area contributed by atoms with Crippen molar-refractivity contribution in [1.82, 2.24) is 0 Å². The number of ether oxygens (including phenoxy) is 2. The van der Waals surface area contributed by atoms with Crippen LogP contribution in [-0.4, -0.2) is 24.1 Å². The summed E-state index contributed by atoms with van der Waals surface area (Å²) < 4.78 is 12.0. The molecule has 0 spiro atoms. The summed E-state index contributed by atoms with van der Waals surface area (Å²) in [5, 5.41) is 8.31. The van der Waals surface area contributed by atoms with Gasteiger partial charge in [0.1, 0.15) is 12.2 Å². The van der Waals surface area contributed by atoms with E-state index in [2.05, 4.69) is 38.1 Å². The van der Waals surface area contributed by atoms with Gasteiger partial charge in [-0.3, -0.25) is 0 Å². The Balaban J connectivity index is 1.31. The maximum absolute atomic E-state index is 13.4. The second-order valence-electron chi connectivity index (χ2n) is 12.4. The second-order valence-corrected chi connectivity index (χ2v) is 12.4. The van der Waals surface area contributed by atoms with Crippen molar-refractivity contribution in [2.75, 3.05) is 0 Å². The van der Waals surface area contributed by atoms with E-state index in [1.54, 1.807) is 0 Å². The molecule has 0 amide bonds. The van der Waals surface area contributed by atoms with Crippen LogP contribution in [0.2, 0.25) is 0 Å². The molecule has 5 aromatic carbocycles. The van der Waals surface area contributed by atoms with Crippen LogP contribution in [0.1, 0.15) is 85.9 Å². The quantitative estimate of drug-likeness (QED) is 0.131. The van der Waals surface area contributed by atoms with Crippen LogP contribution in [0.15, 0.2) is 60.7 Å². The SMILES string of the molecule is C[C@H]1CC[C@H](OC(=O)c2ccc3c4cccc5c(C(=O)O[C@H]6CC[C@H](C)CC6)ccc(c6cccc2c63)c54)CC1. The minimum Gasteiger partial charge on any atom is -0.459 e. The van der Waals surface area contributed by atoms with Crippen LogP contribution in [-0.2, 0) is 9.47 Å². The fourth-order valence-electron chi connectivity index (χ4n) is 7.19. The maximum atomic E-state index is 13.4. The molecule has 0 unspecified atom stereocenters. The summed E-state index contributed by atoms with van der Waals surface area (Å²) in [6.07, 6.45) is 8.19. The van der Waals surface area contributed by atoms with Crippen molar-refractivity contribution in [1.29, 1.82) is 0 Å². The van der Waals surface area contributed by atoms with E-state index in [0.29, 0.717) is 23.0 Å². The summed E-state index contributed by atoms with van der Waals surface area (Å²) in [7, 11) is 0. The third-order valence-corrected chi connectivity index (χ3v) is 9.57. The Morgan fingerprint density at radius 1 is 0.500 bits per heavy atom. The van der Waals surface area contributed by atoms with Gasteiger partial charge in [0.05, 0.1) is 11.1 Å². The van der Waals surface area contributed by atoms with Crippen LogP contribution in [0.4, 0.5) is 0 Å². The molecule has 0 bridgehead atoms. The van der Waals surface area contributed by atoms with E-state index in [4.69, 9.17) is 9.47 Å². The van der Waals surface area contributed by atoms with Gasteiger partial charge < -0.3 is 9.47 Å². The lowest BCUT2D eigenvalue weighted by Gasteiger charge is -2.26. The van der Waals surface area contributed by atoms with Crippen LogP contribution < -0.4 is 0 Å². The molecular formula is C36H36O4. The molecule has 0 aromatic heterocycles. The summed E-state index contributed by atoms with van der Waals surface area (Å²) in [5.74, 6) is 0.943. The topological polar surface area (TPSA) is 52.6 Å². The van der Waals surface area contributed by atoms with Crippen LogP contribution in [0.25, 0.3) is 43.1 Å². The number of rotatable bonds is 4. The molecule has 40 heavy (non-hydrogen) atoms. The van der Waals surface area contributed by atoms with Crippen molar-refractivity contribution in [3.05, 3.63) is 71.8 Å². The van der Waals surface area contributed by atoms with Gasteiger partial charge in [-0.2, -0.15) is 0 Å². The molecule has 7 rings (SSSR count). The van der Waals surface area contributed by atoms with Gasteiger partial charge in [-0.25, -0.2) is 9.59 Å². The van der Waals surface area contributed by atoms with Crippen molar-refractivity contribution in [2.45, 2.75) is 77.4 Å². The number of fused-ring (bicyclic) bond motifs is 2. The number of carbonyl (C=O) groups is 2. The average Bonchev–Trinajstić information content (AvgIpc) is 2.97. The van der Waals surface area contributed by atoms with Crippen LogP contribution in [0.5, 0.6) is 0 Å². The van der Waals surface area contributed by atoms with Crippen LogP contribution in [0, 0.1) is 11.8 Å². The summed E-state index contributed by atoms with van der Waals surface area (Å²) in [4.78, 5) is 26.8. The van der Waals surface area contributed by atoms with Gasteiger partial charge in [-0.1, -0.05) is 62.4 Å².